The van der Waals surface area contributed by atoms with Gasteiger partial charge in [0.1, 0.15) is 5.60 Å². The van der Waals surface area contributed by atoms with Crippen LogP contribution in [0.5, 0.6) is 0 Å². The maximum absolute atomic E-state index is 12.1. The van der Waals surface area contributed by atoms with Crippen LogP contribution in [0.15, 0.2) is 12.7 Å². The molecule has 0 aromatic rings. The molecular weight excluding hydrogens is 200 g/mol. The zero-order chi connectivity index (χ0) is 12.2. The first-order chi connectivity index (χ1) is 7.46. The van der Waals surface area contributed by atoms with Gasteiger partial charge < -0.3 is 4.74 Å². The molecule has 1 rings (SSSR count). The second kappa shape index (κ2) is 5.13. The number of allylic oxidation sites excluding steroid dienone is 1. The zero-order valence-corrected chi connectivity index (χ0v) is 10.8. The van der Waals surface area contributed by atoms with Crippen molar-refractivity contribution in [1.82, 2.24) is 0 Å². The molecule has 16 heavy (non-hydrogen) atoms. The lowest BCUT2D eigenvalue weighted by Crippen LogP contribution is -2.46. The normalized spacial score (nSPS) is 22.7. The summed E-state index contributed by atoms with van der Waals surface area (Å²) in [4.78, 5) is 12.1. The van der Waals surface area contributed by atoms with E-state index in [4.69, 9.17) is 4.74 Å². The molecule has 0 aromatic heterocycles. The molecule has 0 aliphatic heterocycles. The fraction of sp³-hybridized carbons (Fsp3) is 0.786. The van der Waals surface area contributed by atoms with E-state index in [0.29, 0.717) is 18.4 Å². The molecule has 0 heterocycles. The highest BCUT2D eigenvalue weighted by Gasteiger charge is 2.43. The number of ether oxygens (including phenoxy) is 1. The van der Waals surface area contributed by atoms with E-state index in [1.165, 1.54) is 0 Å². The van der Waals surface area contributed by atoms with Gasteiger partial charge in [0.2, 0.25) is 0 Å². The van der Waals surface area contributed by atoms with Crippen molar-refractivity contribution < 1.29 is 9.53 Å². The molecule has 2 heteroatoms. The van der Waals surface area contributed by atoms with Crippen LogP contribution in [0.2, 0.25) is 0 Å². The average Bonchev–Trinajstić information content (AvgIpc) is 2.22. The van der Waals surface area contributed by atoms with E-state index >= 15 is 0 Å². The van der Waals surface area contributed by atoms with Gasteiger partial charge in [0.25, 0.3) is 0 Å². The first-order valence-electron chi connectivity index (χ1n) is 6.24. The van der Waals surface area contributed by atoms with E-state index in [1.54, 1.807) is 6.08 Å². The third kappa shape index (κ3) is 2.94. The molecule has 0 saturated heterocycles. The Bertz CT molecular complexity index is 256. The second-order valence-corrected chi connectivity index (χ2v) is 5.51. The molecule has 0 radical (unpaired) electrons. The van der Waals surface area contributed by atoms with E-state index in [9.17, 15) is 4.79 Å². The van der Waals surface area contributed by atoms with E-state index in [2.05, 4.69) is 20.4 Å². The van der Waals surface area contributed by atoms with Gasteiger partial charge in [0.15, 0.2) is 5.78 Å². The van der Waals surface area contributed by atoms with Gasteiger partial charge in [-0.1, -0.05) is 19.9 Å². The molecule has 0 bridgehead atoms. The Kier molecular flexibility index (Phi) is 4.31. The molecule has 1 fully saturated rings. The number of carbonyl (C=O) groups is 1. The van der Waals surface area contributed by atoms with Gasteiger partial charge in [-0.25, -0.2) is 0 Å². The highest BCUT2D eigenvalue weighted by Crippen LogP contribution is 2.42. The molecule has 92 valence electrons. The average molecular weight is 224 g/mol. The molecule has 1 aliphatic carbocycles. The van der Waals surface area contributed by atoms with Crippen LogP contribution in [0.1, 0.15) is 52.9 Å². The second-order valence-electron chi connectivity index (χ2n) is 5.51. The van der Waals surface area contributed by atoms with Crippen molar-refractivity contribution in [2.24, 2.45) is 5.41 Å². The van der Waals surface area contributed by atoms with Crippen molar-refractivity contribution in [3.05, 3.63) is 12.7 Å². The number of Topliss-reactive ketones (excluding diaryl/α,β-unsaturated/α-hetero) is 1. The molecule has 0 aromatic carbocycles. The van der Waals surface area contributed by atoms with Crippen LogP contribution < -0.4 is 0 Å². The minimum Gasteiger partial charge on any atom is -0.367 e. The summed E-state index contributed by atoms with van der Waals surface area (Å²) in [6.07, 6.45) is 5.97. The maximum Gasteiger partial charge on any atom is 0.168 e. The summed E-state index contributed by atoms with van der Waals surface area (Å²) in [6.45, 7) is 10.7. The van der Waals surface area contributed by atoms with Crippen LogP contribution in [0.25, 0.3) is 0 Å². The van der Waals surface area contributed by atoms with Gasteiger partial charge in [-0.3, -0.25) is 4.79 Å². The molecular formula is C14H24O2. The van der Waals surface area contributed by atoms with E-state index in [-0.39, 0.29) is 5.78 Å². The Morgan fingerprint density at radius 1 is 1.31 bits per heavy atom. The zero-order valence-electron chi connectivity index (χ0n) is 10.8. The molecule has 2 nitrogen and oxygen atoms in total. The molecule has 0 unspecified atom stereocenters. The standard InChI is InChI=1S/C14H24O2/c1-5-7-12(15)14(16-6-2)10-8-13(3,4)9-11-14/h5H,1,6-11H2,2-4H3. The first kappa shape index (κ1) is 13.4. The van der Waals surface area contributed by atoms with E-state index < -0.39 is 5.60 Å². The minimum absolute atomic E-state index is 0.208. The number of hydrogen-bond donors (Lipinski definition) is 0. The van der Waals surface area contributed by atoms with Crippen molar-refractivity contribution in [2.75, 3.05) is 6.61 Å². The minimum atomic E-state index is -0.515. The largest absolute Gasteiger partial charge is 0.367 e. The van der Waals surface area contributed by atoms with Crippen molar-refractivity contribution in [1.29, 1.82) is 0 Å². The van der Waals surface area contributed by atoms with Crippen molar-refractivity contribution >= 4 is 5.78 Å². The van der Waals surface area contributed by atoms with Crippen LogP contribution >= 0.6 is 0 Å². The van der Waals surface area contributed by atoms with Gasteiger partial charge in [-0.15, -0.1) is 6.58 Å². The highest BCUT2D eigenvalue weighted by molar-refractivity contribution is 5.88. The fourth-order valence-corrected chi connectivity index (χ4v) is 2.43. The first-order valence-corrected chi connectivity index (χ1v) is 6.24. The monoisotopic (exact) mass is 224 g/mol. The van der Waals surface area contributed by atoms with Crippen molar-refractivity contribution in [3.8, 4) is 0 Å². The van der Waals surface area contributed by atoms with Gasteiger partial charge in [0, 0.05) is 13.0 Å². The maximum atomic E-state index is 12.1. The number of hydrogen-bond acceptors (Lipinski definition) is 2. The SMILES string of the molecule is C=CCC(=O)C1(OCC)CCC(C)(C)CC1. The van der Waals surface area contributed by atoms with Crippen molar-refractivity contribution in [3.63, 3.8) is 0 Å². The number of ketones is 1. The predicted molar refractivity (Wildman–Crippen MR) is 66.4 cm³/mol. The Labute approximate surface area is 99.1 Å². The lowest BCUT2D eigenvalue weighted by Gasteiger charge is -2.42. The third-order valence-electron chi connectivity index (χ3n) is 3.67. The van der Waals surface area contributed by atoms with Crippen LogP contribution in [0.3, 0.4) is 0 Å². The summed E-state index contributed by atoms with van der Waals surface area (Å²) in [6, 6.07) is 0. The number of rotatable bonds is 5. The summed E-state index contributed by atoms with van der Waals surface area (Å²) in [5.74, 6) is 0.208. The summed E-state index contributed by atoms with van der Waals surface area (Å²) in [5.41, 5.74) is -0.159. The van der Waals surface area contributed by atoms with E-state index in [1.807, 2.05) is 6.92 Å². The molecule has 1 aliphatic rings. The highest BCUT2D eigenvalue weighted by atomic mass is 16.5. The lowest BCUT2D eigenvalue weighted by atomic mass is 9.69. The van der Waals surface area contributed by atoms with Crippen LogP contribution in [0.4, 0.5) is 0 Å². The molecule has 0 N–H and O–H groups in total. The fourth-order valence-electron chi connectivity index (χ4n) is 2.43. The Morgan fingerprint density at radius 2 is 1.88 bits per heavy atom. The van der Waals surface area contributed by atoms with Crippen LogP contribution in [-0.2, 0) is 9.53 Å². The van der Waals surface area contributed by atoms with Gasteiger partial charge in [0.05, 0.1) is 0 Å². The molecule has 0 spiro atoms. The lowest BCUT2D eigenvalue weighted by molar-refractivity contribution is -0.151. The van der Waals surface area contributed by atoms with Gasteiger partial charge in [-0.05, 0) is 38.0 Å². The predicted octanol–water partition coefficient (Wildman–Crippen LogP) is 3.51. The summed E-state index contributed by atoms with van der Waals surface area (Å²) >= 11 is 0. The van der Waals surface area contributed by atoms with Crippen LogP contribution in [-0.4, -0.2) is 18.0 Å². The van der Waals surface area contributed by atoms with E-state index in [0.717, 1.165) is 25.7 Å². The van der Waals surface area contributed by atoms with Crippen LogP contribution in [0, 0.1) is 5.41 Å². The summed E-state index contributed by atoms with van der Waals surface area (Å²) in [5, 5.41) is 0. The molecule has 1 saturated carbocycles. The molecule has 0 atom stereocenters. The smallest absolute Gasteiger partial charge is 0.168 e. The number of carbonyl (C=O) groups excluding carboxylic acids is 1. The van der Waals surface area contributed by atoms with Gasteiger partial charge >= 0.3 is 0 Å². The topological polar surface area (TPSA) is 26.3 Å². The Morgan fingerprint density at radius 3 is 2.31 bits per heavy atom. The Balaban J connectivity index is 2.75. The third-order valence-corrected chi connectivity index (χ3v) is 3.67. The van der Waals surface area contributed by atoms with Gasteiger partial charge in [-0.2, -0.15) is 0 Å². The van der Waals surface area contributed by atoms with Crippen molar-refractivity contribution in [2.45, 2.75) is 58.5 Å². The summed E-state index contributed by atoms with van der Waals surface area (Å²) in [7, 11) is 0. The molecule has 0 amide bonds. The summed E-state index contributed by atoms with van der Waals surface area (Å²) < 4.78 is 5.78. The quantitative estimate of drug-likeness (QED) is 0.668. The Hall–Kier alpha value is -0.630.